The molecule has 0 saturated heterocycles. The second-order valence-electron chi connectivity index (χ2n) is 3.81. The van der Waals surface area contributed by atoms with E-state index >= 15 is 0 Å². The van der Waals surface area contributed by atoms with Crippen molar-refractivity contribution in [3.63, 3.8) is 0 Å². The Labute approximate surface area is 106 Å². The Morgan fingerprint density at radius 1 is 1.50 bits per heavy atom. The highest BCUT2D eigenvalue weighted by molar-refractivity contribution is 7.09. The molecule has 8 heteroatoms. The van der Waals surface area contributed by atoms with Crippen LogP contribution in [0.3, 0.4) is 0 Å². The minimum atomic E-state index is -0.579. The fourth-order valence-corrected chi connectivity index (χ4v) is 2.25. The molecule has 0 saturated carbocycles. The summed E-state index contributed by atoms with van der Waals surface area (Å²) >= 11 is 1.04. The number of anilines is 3. The smallest absolute Gasteiger partial charge is 0.274 e. The Morgan fingerprint density at radius 2 is 2.33 bits per heavy atom. The molecule has 1 aliphatic rings. The first-order chi connectivity index (χ1) is 8.66. The molecule has 0 fully saturated rings. The Hall–Kier alpha value is -2.22. The van der Waals surface area contributed by atoms with Gasteiger partial charge in [0.25, 0.3) is 5.91 Å². The van der Waals surface area contributed by atoms with E-state index in [1.165, 1.54) is 4.90 Å². The van der Waals surface area contributed by atoms with Gasteiger partial charge in [0, 0.05) is 17.2 Å². The van der Waals surface area contributed by atoms with Crippen molar-refractivity contribution >= 4 is 33.9 Å². The molecule has 18 heavy (non-hydrogen) atoms. The standard InChI is InChI=1S/C10H9N5O2S/c1-5-9(16)15(10-12-13-14-18-10)7-4-6(11)2-3-8(7)17-5/h2-5H,11H2,1H3. The minimum absolute atomic E-state index is 0.216. The average molecular weight is 263 g/mol. The van der Waals surface area contributed by atoms with E-state index in [1.807, 2.05) is 0 Å². The monoisotopic (exact) mass is 263 g/mol. The first-order valence-corrected chi connectivity index (χ1v) is 5.99. The van der Waals surface area contributed by atoms with Crippen molar-refractivity contribution in [1.29, 1.82) is 0 Å². The predicted octanol–water partition coefficient (Wildman–Crippen LogP) is 0.961. The lowest BCUT2D eigenvalue weighted by Gasteiger charge is -2.30. The van der Waals surface area contributed by atoms with Crippen LogP contribution in [0.1, 0.15) is 6.92 Å². The van der Waals surface area contributed by atoms with E-state index in [0.29, 0.717) is 22.3 Å². The SMILES string of the molecule is CC1Oc2ccc(N)cc2N(c2nnns2)C1=O. The average Bonchev–Trinajstić information content (AvgIpc) is 2.85. The number of nitrogens with zero attached hydrogens (tertiary/aromatic N) is 4. The van der Waals surface area contributed by atoms with Gasteiger partial charge in [-0.15, -0.1) is 0 Å². The van der Waals surface area contributed by atoms with Gasteiger partial charge in [-0.05, 0) is 30.3 Å². The predicted molar refractivity (Wildman–Crippen MR) is 65.8 cm³/mol. The van der Waals surface area contributed by atoms with E-state index in [1.54, 1.807) is 25.1 Å². The van der Waals surface area contributed by atoms with Gasteiger partial charge in [-0.2, -0.15) is 0 Å². The van der Waals surface area contributed by atoms with Crippen molar-refractivity contribution in [2.75, 3.05) is 10.6 Å². The number of ether oxygens (including phenoxy) is 1. The van der Waals surface area contributed by atoms with E-state index < -0.39 is 6.10 Å². The molecule has 0 radical (unpaired) electrons. The zero-order valence-corrected chi connectivity index (χ0v) is 10.2. The van der Waals surface area contributed by atoms with Crippen LogP contribution >= 0.6 is 11.5 Å². The second-order valence-corrected chi connectivity index (χ2v) is 4.52. The summed E-state index contributed by atoms with van der Waals surface area (Å²) in [6.07, 6.45) is -0.579. The van der Waals surface area contributed by atoms with E-state index in [-0.39, 0.29) is 5.91 Å². The van der Waals surface area contributed by atoms with Crippen molar-refractivity contribution in [2.45, 2.75) is 13.0 Å². The lowest BCUT2D eigenvalue weighted by atomic mass is 10.2. The summed E-state index contributed by atoms with van der Waals surface area (Å²) in [4.78, 5) is 13.6. The number of amides is 1. The molecule has 0 bridgehead atoms. The molecule has 1 unspecified atom stereocenters. The molecule has 2 aromatic rings. The van der Waals surface area contributed by atoms with Gasteiger partial charge in [-0.25, -0.2) is 4.90 Å². The van der Waals surface area contributed by atoms with Crippen LogP contribution in [-0.2, 0) is 4.79 Å². The summed E-state index contributed by atoms with van der Waals surface area (Å²) in [5.41, 5.74) is 6.85. The number of hydrogen-bond donors (Lipinski definition) is 1. The van der Waals surface area contributed by atoms with Gasteiger partial charge >= 0.3 is 0 Å². The number of nitrogens with two attached hydrogens (primary N) is 1. The lowest BCUT2D eigenvalue weighted by Crippen LogP contribution is -2.41. The van der Waals surface area contributed by atoms with Crippen molar-refractivity contribution < 1.29 is 9.53 Å². The normalized spacial score (nSPS) is 18.4. The number of aromatic nitrogens is 3. The van der Waals surface area contributed by atoms with Crippen LogP contribution in [0.5, 0.6) is 5.75 Å². The molecular formula is C10H9N5O2S. The number of fused-ring (bicyclic) bond motifs is 1. The number of hydrogen-bond acceptors (Lipinski definition) is 7. The maximum absolute atomic E-state index is 12.2. The first kappa shape index (κ1) is 10.9. The summed E-state index contributed by atoms with van der Waals surface area (Å²) in [6.45, 7) is 1.68. The number of nitrogen functional groups attached to an aromatic ring is 1. The van der Waals surface area contributed by atoms with Crippen LogP contribution in [-0.4, -0.2) is 26.8 Å². The zero-order chi connectivity index (χ0) is 12.7. The molecule has 1 aromatic carbocycles. The van der Waals surface area contributed by atoms with Crippen molar-refractivity contribution in [3.05, 3.63) is 18.2 Å². The molecule has 1 amide bonds. The van der Waals surface area contributed by atoms with Gasteiger partial charge in [0.15, 0.2) is 6.10 Å². The second kappa shape index (κ2) is 3.91. The van der Waals surface area contributed by atoms with Crippen LogP contribution in [0.2, 0.25) is 0 Å². The van der Waals surface area contributed by atoms with Gasteiger partial charge in [-0.1, -0.05) is 9.59 Å². The van der Waals surface area contributed by atoms with Crippen LogP contribution in [0.15, 0.2) is 18.2 Å². The highest BCUT2D eigenvalue weighted by Crippen LogP contribution is 2.39. The minimum Gasteiger partial charge on any atom is -0.479 e. The molecule has 2 N–H and O–H groups in total. The fourth-order valence-electron chi connectivity index (χ4n) is 1.76. The molecule has 1 aliphatic heterocycles. The fraction of sp³-hybridized carbons (Fsp3) is 0.200. The van der Waals surface area contributed by atoms with Crippen LogP contribution in [0, 0.1) is 0 Å². The molecule has 0 aliphatic carbocycles. The molecule has 1 aromatic heterocycles. The highest BCUT2D eigenvalue weighted by Gasteiger charge is 2.34. The zero-order valence-electron chi connectivity index (χ0n) is 9.40. The highest BCUT2D eigenvalue weighted by atomic mass is 32.1. The summed E-state index contributed by atoms with van der Waals surface area (Å²) in [7, 11) is 0. The molecule has 92 valence electrons. The largest absolute Gasteiger partial charge is 0.479 e. The van der Waals surface area contributed by atoms with Crippen LogP contribution < -0.4 is 15.4 Å². The maximum Gasteiger partial charge on any atom is 0.274 e. The maximum atomic E-state index is 12.2. The third-order valence-corrected chi connectivity index (χ3v) is 3.16. The van der Waals surface area contributed by atoms with E-state index in [4.69, 9.17) is 10.5 Å². The number of carbonyl (C=O) groups excluding carboxylic acids is 1. The van der Waals surface area contributed by atoms with Gasteiger partial charge in [0.05, 0.1) is 5.69 Å². The summed E-state index contributed by atoms with van der Waals surface area (Å²) in [5, 5.41) is 7.73. The Bertz CT molecular complexity index is 600. The van der Waals surface area contributed by atoms with Crippen molar-refractivity contribution in [1.82, 2.24) is 14.8 Å². The third-order valence-electron chi connectivity index (χ3n) is 2.58. The quantitative estimate of drug-likeness (QED) is 0.770. The summed E-state index contributed by atoms with van der Waals surface area (Å²) in [6, 6.07) is 5.12. The first-order valence-electron chi connectivity index (χ1n) is 5.22. The van der Waals surface area contributed by atoms with Crippen molar-refractivity contribution in [3.8, 4) is 5.75 Å². The van der Waals surface area contributed by atoms with Crippen LogP contribution in [0.25, 0.3) is 0 Å². The molecule has 1 atom stereocenters. The Balaban J connectivity index is 2.18. The van der Waals surface area contributed by atoms with E-state index in [2.05, 4.69) is 14.8 Å². The molecule has 0 spiro atoms. The molecule has 7 nitrogen and oxygen atoms in total. The van der Waals surface area contributed by atoms with Gasteiger partial charge < -0.3 is 10.5 Å². The molecule has 2 heterocycles. The number of rotatable bonds is 1. The lowest BCUT2D eigenvalue weighted by molar-refractivity contribution is -0.124. The number of carbonyl (C=O) groups is 1. The van der Waals surface area contributed by atoms with Gasteiger partial charge in [0.2, 0.25) is 5.13 Å². The van der Waals surface area contributed by atoms with Gasteiger partial charge in [0.1, 0.15) is 5.75 Å². The van der Waals surface area contributed by atoms with Crippen molar-refractivity contribution in [2.24, 2.45) is 0 Å². The van der Waals surface area contributed by atoms with Gasteiger partial charge in [-0.3, -0.25) is 4.79 Å². The molecule has 3 rings (SSSR count). The van der Waals surface area contributed by atoms with E-state index in [0.717, 1.165) is 11.5 Å². The number of benzene rings is 1. The third kappa shape index (κ3) is 1.58. The topological polar surface area (TPSA) is 94.2 Å². The Kier molecular flexibility index (Phi) is 2.37. The van der Waals surface area contributed by atoms with E-state index in [9.17, 15) is 4.79 Å². The Morgan fingerprint density at radius 3 is 3.06 bits per heavy atom. The van der Waals surface area contributed by atoms with Crippen LogP contribution in [0.4, 0.5) is 16.5 Å². The summed E-state index contributed by atoms with van der Waals surface area (Å²) in [5.74, 6) is 0.373. The summed E-state index contributed by atoms with van der Waals surface area (Å²) < 4.78 is 9.18. The molecular weight excluding hydrogens is 254 g/mol.